The molecule has 0 aliphatic carbocycles. The second-order valence-electron chi connectivity index (χ2n) is 7.60. The summed E-state index contributed by atoms with van der Waals surface area (Å²) in [6, 6.07) is 15.5. The van der Waals surface area contributed by atoms with Crippen LogP contribution in [0.1, 0.15) is 26.2 Å². The van der Waals surface area contributed by atoms with E-state index in [1.165, 1.54) is 6.07 Å². The molecule has 3 rings (SSSR count). The molecule has 0 aliphatic rings. The molecule has 0 atom stereocenters. The number of rotatable bonds is 7. The van der Waals surface area contributed by atoms with Crippen LogP contribution in [0.3, 0.4) is 0 Å². The summed E-state index contributed by atoms with van der Waals surface area (Å²) in [6.45, 7) is 3.62. The van der Waals surface area contributed by atoms with Gasteiger partial charge in [0.05, 0.1) is 11.3 Å². The van der Waals surface area contributed by atoms with Crippen molar-refractivity contribution >= 4 is 16.0 Å². The van der Waals surface area contributed by atoms with Crippen molar-refractivity contribution in [3.8, 4) is 22.6 Å². The Hall–Kier alpha value is -2.97. The van der Waals surface area contributed by atoms with Gasteiger partial charge in [0.1, 0.15) is 5.69 Å². The van der Waals surface area contributed by atoms with Crippen LogP contribution in [0.15, 0.2) is 63.9 Å². The quantitative estimate of drug-likeness (QED) is 0.607. The summed E-state index contributed by atoms with van der Waals surface area (Å²) < 4.78 is 30.1. The lowest BCUT2D eigenvalue weighted by Crippen LogP contribution is -2.19. The average Bonchev–Trinajstić information content (AvgIpc) is 3.03. The van der Waals surface area contributed by atoms with Crippen LogP contribution in [0.5, 0.6) is 0 Å². The molecule has 1 heterocycles. The number of carboxylic acid groups (broad SMARTS) is 1. The molecule has 0 bridgehead atoms. The molecule has 7 nitrogen and oxygen atoms in total. The molecule has 0 aliphatic heterocycles. The van der Waals surface area contributed by atoms with E-state index in [1.54, 1.807) is 18.2 Å². The molecule has 3 N–H and O–H groups in total. The first-order valence-electron chi connectivity index (χ1n) is 8.96. The lowest BCUT2D eigenvalue weighted by Gasteiger charge is -2.19. The van der Waals surface area contributed by atoms with Crippen molar-refractivity contribution < 1.29 is 22.7 Å². The van der Waals surface area contributed by atoms with Gasteiger partial charge in [-0.25, -0.2) is 18.5 Å². The number of aliphatic carboxylic acids is 1. The van der Waals surface area contributed by atoms with E-state index in [0.29, 0.717) is 17.1 Å². The minimum absolute atomic E-state index is 0.0564. The van der Waals surface area contributed by atoms with Crippen LogP contribution < -0.4 is 5.14 Å². The van der Waals surface area contributed by atoms with E-state index in [0.717, 1.165) is 5.56 Å². The van der Waals surface area contributed by atoms with Crippen LogP contribution in [0, 0.1) is 5.41 Å². The second-order valence-corrected chi connectivity index (χ2v) is 9.13. The molecule has 2 aromatic carbocycles. The normalized spacial score (nSPS) is 12.1. The predicted molar refractivity (Wildman–Crippen MR) is 108 cm³/mol. The molecular formula is C21H22N2O5S. The van der Waals surface area contributed by atoms with Gasteiger partial charge in [-0.05, 0) is 17.5 Å². The van der Waals surface area contributed by atoms with Crippen molar-refractivity contribution in [2.24, 2.45) is 10.6 Å². The summed E-state index contributed by atoms with van der Waals surface area (Å²) >= 11 is 0. The van der Waals surface area contributed by atoms with Gasteiger partial charge in [0, 0.05) is 17.5 Å². The third kappa shape index (κ3) is 4.90. The maximum atomic E-state index is 12.1. The Morgan fingerprint density at radius 2 is 1.72 bits per heavy atom. The third-order valence-corrected chi connectivity index (χ3v) is 5.39. The first-order valence-corrected chi connectivity index (χ1v) is 10.5. The summed E-state index contributed by atoms with van der Waals surface area (Å²) in [5, 5.41) is 14.5. The summed E-state index contributed by atoms with van der Waals surface area (Å²) in [5.74, 6) is -0.305. The topological polar surface area (TPSA) is 123 Å². The highest BCUT2D eigenvalue weighted by Gasteiger charge is 2.28. The molecule has 0 spiro atoms. The van der Waals surface area contributed by atoms with Crippen LogP contribution in [0.25, 0.3) is 22.6 Å². The van der Waals surface area contributed by atoms with Crippen LogP contribution in [-0.4, -0.2) is 24.5 Å². The number of aromatic nitrogens is 1. The number of sulfonamides is 1. The Morgan fingerprint density at radius 3 is 2.34 bits per heavy atom. The largest absolute Gasteiger partial charge is 0.481 e. The third-order valence-electron chi connectivity index (χ3n) is 4.42. The van der Waals surface area contributed by atoms with E-state index in [9.17, 15) is 13.2 Å². The maximum Gasteiger partial charge on any atom is 0.303 e. The zero-order valence-corrected chi connectivity index (χ0v) is 16.9. The van der Waals surface area contributed by atoms with E-state index in [2.05, 4.69) is 4.98 Å². The average molecular weight is 414 g/mol. The Balaban J connectivity index is 2.17. The van der Waals surface area contributed by atoms with Gasteiger partial charge >= 0.3 is 5.97 Å². The van der Waals surface area contributed by atoms with Crippen molar-refractivity contribution in [1.29, 1.82) is 0 Å². The number of nitrogens with two attached hydrogens (primary N) is 1. The highest BCUT2D eigenvalue weighted by molar-refractivity contribution is 7.89. The van der Waals surface area contributed by atoms with E-state index in [4.69, 9.17) is 14.7 Å². The Kier molecular flexibility index (Phi) is 5.59. The first-order chi connectivity index (χ1) is 13.6. The van der Waals surface area contributed by atoms with Crippen molar-refractivity contribution in [3.05, 3.63) is 60.5 Å². The van der Waals surface area contributed by atoms with Crippen LogP contribution >= 0.6 is 0 Å². The van der Waals surface area contributed by atoms with Crippen molar-refractivity contribution in [2.75, 3.05) is 0 Å². The summed E-state index contributed by atoms with van der Waals surface area (Å²) in [5.41, 5.74) is 0.936. The Morgan fingerprint density at radius 1 is 1.10 bits per heavy atom. The molecule has 0 unspecified atom stereocenters. The van der Waals surface area contributed by atoms with Gasteiger partial charge in [-0.2, -0.15) is 0 Å². The number of benzene rings is 2. The predicted octanol–water partition coefficient (Wildman–Crippen LogP) is 3.70. The lowest BCUT2D eigenvalue weighted by atomic mass is 9.86. The summed E-state index contributed by atoms with van der Waals surface area (Å²) in [7, 11) is -3.99. The molecule has 0 saturated heterocycles. The molecule has 0 radical (unpaired) electrons. The molecule has 0 amide bonds. The van der Waals surface area contributed by atoms with Crippen LogP contribution in [-0.2, 0) is 21.2 Å². The summed E-state index contributed by atoms with van der Waals surface area (Å²) in [6.07, 6.45) is 0.218. The SMILES string of the molecule is CC(C)(CC(=O)O)Cc1nc(-c2ccccc2)c(-c2ccccc2S(N)(=O)=O)o1. The van der Waals surface area contributed by atoms with E-state index in [-0.39, 0.29) is 23.5 Å². The van der Waals surface area contributed by atoms with Gasteiger partial charge in [-0.1, -0.05) is 56.3 Å². The molecule has 152 valence electrons. The number of oxazole rings is 1. The van der Waals surface area contributed by atoms with Gasteiger partial charge in [0.15, 0.2) is 11.7 Å². The molecule has 0 fully saturated rings. The molecule has 3 aromatic rings. The molecule has 29 heavy (non-hydrogen) atoms. The van der Waals surface area contributed by atoms with Gasteiger partial charge in [0.2, 0.25) is 10.0 Å². The van der Waals surface area contributed by atoms with Crippen molar-refractivity contribution in [1.82, 2.24) is 4.98 Å². The number of hydrogen-bond donors (Lipinski definition) is 2. The van der Waals surface area contributed by atoms with Crippen molar-refractivity contribution in [2.45, 2.75) is 31.6 Å². The lowest BCUT2D eigenvalue weighted by molar-refractivity contribution is -0.139. The Labute approximate surface area is 169 Å². The van der Waals surface area contributed by atoms with E-state index >= 15 is 0 Å². The van der Waals surface area contributed by atoms with E-state index < -0.39 is 21.4 Å². The number of hydrogen-bond acceptors (Lipinski definition) is 5. The number of carbonyl (C=O) groups is 1. The van der Waals surface area contributed by atoms with Gasteiger partial charge in [-0.3, -0.25) is 4.79 Å². The fraction of sp³-hybridized carbons (Fsp3) is 0.238. The number of nitrogens with zero attached hydrogens (tertiary/aromatic N) is 1. The first kappa shape index (κ1) is 20.8. The smallest absolute Gasteiger partial charge is 0.303 e. The van der Waals surface area contributed by atoms with Crippen LogP contribution in [0.4, 0.5) is 0 Å². The minimum Gasteiger partial charge on any atom is -0.481 e. The van der Waals surface area contributed by atoms with Crippen molar-refractivity contribution in [3.63, 3.8) is 0 Å². The highest BCUT2D eigenvalue weighted by Crippen LogP contribution is 2.37. The van der Waals surface area contributed by atoms with Gasteiger partial charge in [-0.15, -0.1) is 0 Å². The zero-order chi connectivity index (χ0) is 21.2. The maximum absolute atomic E-state index is 12.1. The molecule has 1 aromatic heterocycles. The van der Waals surface area contributed by atoms with E-state index in [1.807, 2.05) is 44.2 Å². The molecule has 8 heteroatoms. The second kappa shape index (κ2) is 7.81. The van der Waals surface area contributed by atoms with Gasteiger partial charge < -0.3 is 9.52 Å². The Bertz CT molecular complexity index is 1130. The van der Waals surface area contributed by atoms with Crippen LogP contribution in [0.2, 0.25) is 0 Å². The molecule has 0 saturated carbocycles. The zero-order valence-electron chi connectivity index (χ0n) is 16.1. The summed E-state index contributed by atoms with van der Waals surface area (Å²) in [4.78, 5) is 15.7. The fourth-order valence-electron chi connectivity index (χ4n) is 3.20. The molecular weight excluding hydrogens is 392 g/mol. The fourth-order valence-corrected chi connectivity index (χ4v) is 3.93. The standard InChI is InChI=1S/C21H22N2O5S/c1-21(2,13-18(24)25)12-17-23-19(14-8-4-3-5-9-14)20(28-17)15-10-6-7-11-16(15)29(22,26)27/h3-11H,12-13H2,1-2H3,(H,24,25)(H2,22,26,27). The monoisotopic (exact) mass is 414 g/mol. The number of primary sulfonamides is 1. The highest BCUT2D eigenvalue weighted by atomic mass is 32.2. The van der Waals surface area contributed by atoms with Gasteiger partial charge in [0.25, 0.3) is 0 Å². The minimum atomic E-state index is -3.99. The number of carboxylic acids is 1.